The lowest BCUT2D eigenvalue weighted by molar-refractivity contribution is -0.117. The van der Waals surface area contributed by atoms with Crippen molar-refractivity contribution < 1.29 is 19.1 Å². The van der Waals surface area contributed by atoms with Crippen molar-refractivity contribution in [3.05, 3.63) is 64.2 Å². The van der Waals surface area contributed by atoms with Crippen molar-refractivity contribution >= 4 is 34.0 Å². The van der Waals surface area contributed by atoms with Crippen molar-refractivity contribution in [2.45, 2.75) is 32.1 Å². The quantitative estimate of drug-likeness (QED) is 0.630. The molecule has 3 aromatic rings. The number of anilines is 2. The van der Waals surface area contributed by atoms with Gasteiger partial charge in [0, 0.05) is 22.2 Å². The third-order valence-corrected chi connectivity index (χ3v) is 6.49. The van der Waals surface area contributed by atoms with Gasteiger partial charge in [-0.1, -0.05) is 17.7 Å². The first-order valence-electron chi connectivity index (χ1n) is 10.1. The minimum atomic E-state index is -0.351. The second-order valence-corrected chi connectivity index (χ2v) is 8.73. The molecule has 0 fully saturated rings. The molecule has 2 N–H and O–H groups in total. The highest BCUT2D eigenvalue weighted by Gasteiger charge is 2.31. The highest BCUT2D eigenvalue weighted by Crippen LogP contribution is 2.38. The van der Waals surface area contributed by atoms with Crippen LogP contribution in [0.2, 0.25) is 0 Å². The predicted octanol–water partition coefficient (Wildman–Crippen LogP) is 4.49. The molecule has 1 aliphatic heterocycles. The van der Waals surface area contributed by atoms with Gasteiger partial charge in [-0.3, -0.25) is 14.9 Å². The molecule has 1 unspecified atom stereocenters. The van der Waals surface area contributed by atoms with Gasteiger partial charge in [0.25, 0.3) is 5.91 Å². The largest absolute Gasteiger partial charge is 0.454 e. The van der Waals surface area contributed by atoms with E-state index in [1.165, 1.54) is 11.3 Å². The zero-order chi connectivity index (χ0) is 21.4. The van der Waals surface area contributed by atoms with E-state index in [-0.39, 0.29) is 24.5 Å². The van der Waals surface area contributed by atoms with Crippen LogP contribution in [0.5, 0.6) is 11.5 Å². The topological polar surface area (TPSA) is 89.6 Å². The third-order valence-electron chi connectivity index (χ3n) is 5.45. The molecule has 31 heavy (non-hydrogen) atoms. The molecule has 8 heteroatoms. The molecule has 5 rings (SSSR count). The molecule has 0 saturated heterocycles. The van der Waals surface area contributed by atoms with Gasteiger partial charge in [-0.2, -0.15) is 0 Å². The third kappa shape index (κ3) is 3.98. The molecule has 0 spiro atoms. The highest BCUT2D eigenvalue weighted by atomic mass is 32.1. The van der Waals surface area contributed by atoms with Crippen molar-refractivity contribution in [1.82, 2.24) is 4.98 Å². The SMILES string of the molecule is Cc1ccc(C(=O)Nc2nc3c(s2)CCCC3C(=O)Nc2ccc3c(c2)OCO3)cc1. The first-order chi connectivity index (χ1) is 15.1. The molecule has 1 aliphatic carbocycles. The van der Waals surface area contributed by atoms with E-state index in [2.05, 4.69) is 15.6 Å². The molecule has 2 aliphatic rings. The van der Waals surface area contributed by atoms with Crippen LogP contribution in [0.15, 0.2) is 42.5 Å². The Morgan fingerprint density at radius 1 is 1.06 bits per heavy atom. The fourth-order valence-corrected chi connectivity index (χ4v) is 4.86. The second-order valence-electron chi connectivity index (χ2n) is 7.65. The summed E-state index contributed by atoms with van der Waals surface area (Å²) < 4.78 is 10.7. The van der Waals surface area contributed by atoms with Gasteiger partial charge in [0.15, 0.2) is 16.6 Å². The van der Waals surface area contributed by atoms with Gasteiger partial charge < -0.3 is 14.8 Å². The monoisotopic (exact) mass is 435 g/mol. The van der Waals surface area contributed by atoms with Crippen LogP contribution in [0.3, 0.4) is 0 Å². The summed E-state index contributed by atoms with van der Waals surface area (Å²) in [5.74, 6) is 0.632. The molecule has 158 valence electrons. The maximum atomic E-state index is 13.0. The Morgan fingerprint density at radius 2 is 1.87 bits per heavy atom. The van der Waals surface area contributed by atoms with Gasteiger partial charge in [0.05, 0.1) is 11.6 Å². The average Bonchev–Trinajstić information content (AvgIpc) is 3.39. The summed E-state index contributed by atoms with van der Waals surface area (Å²) in [5, 5.41) is 6.37. The number of benzene rings is 2. The van der Waals surface area contributed by atoms with Gasteiger partial charge in [0.2, 0.25) is 12.7 Å². The number of nitrogens with zero attached hydrogens (tertiary/aromatic N) is 1. The van der Waals surface area contributed by atoms with Gasteiger partial charge in [-0.25, -0.2) is 4.98 Å². The number of ether oxygens (including phenoxy) is 2. The molecule has 2 amide bonds. The lowest BCUT2D eigenvalue weighted by Gasteiger charge is -2.20. The van der Waals surface area contributed by atoms with Crippen molar-refractivity contribution in [3.63, 3.8) is 0 Å². The van der Waals surface area contributed by atoms with Gasteiger partial charge in [-0.15, -0.1) is 11.3 Å². The van der Waals surface area contributed by atoms with Crippen LogP contribution < -0.4 is 20.1 Å². The van der Waals surface area contributed by atoms with E-state index in [0.717, 1.165) is 35.4 Å². The number of carbonyl (C=O) groups excluding carboxylic acids is 2. The van der Waals surface area contributed by atoms with E-state index in [1.54, 1.807) is 30.3 Å². The summed E-state index contributed by atoms with van der Waals surface area (Å²) >= 11 is 1.45. The fraction of sp³-hybridized carbons (Fsp3) is 0.261. The van der Waals surface area contributed by atoms with E-state index in [9.17, 15) is 9.59 Å². The molecule has 7 nitrogen and oxygen atoms in total. The Hall–Kier alpha value is -3.39. The maximum absolute atomic E-state index is 13.0. The molecule has 0 radical (unpaired) electrons. The summed E-state index contributed by atoms with van der Waals surface area (Å²) in [7, 11) is 0. The predicted molar refractivity (Wildman–Crippen MR) is 118 cm³/mol. The number of aromatic nitrogens is 1. The smallest absolute Gasteiger partial charge is 0.257 e. The Morgan fingerprint density at radius 3 is 2.71 bits per heavy atom. The van der Waals surface area contributed by atoms with E-state index in [1.807, 2.05) is 19.1 Å². The fourth-order valence-electron chi connectivity index (χ4n) is 3.80. The summed E-state index contributed by atoms with van der Waals surface area (Å²) in [4.78, 5) is 31.2. The van der Waals surface area contributed by atoms with Crippen LogP contribution in [0.1, 0.15) is 45.3 Å². The average molecular weight is 436 g/mol. The molecule has 2 aromatic carbocycles. The number of thiazole rings is 1. The number of aryl methyl sites for hydroxylation is 2. The summed E-state index contributed by atoms with van der Waals surface area (Å²) in [6.45, 7) is 2.17. The van der Waals surface area contributed by atoms with Crippen LogP contribution in [0.25, 0.3) is 0 Å². The number of nitrogens with one attached hydrogen (secondary N) is 2. The van der Waals surface area contributed by atoms with E-state index in [0.29, 0.717) is 27.9 Å². The molecule has 0 saturated carbocycles. The minimum absolute atomic E-state index is 0.110. The van der Waals surface area contributed by atoms with E-state index < -0.39 is 0 Å². The molecule has 1 atom stereocenters. The zero-order valence-corrected chi connectivity index (χ0v) is 17.8. The number of amides is 2. The number of hydrogen-bond acceptors (Lipinski definition) is 6. The van der Waals surface area contributed by atoms with Crippen molar-refractivity contribution in [3.8, 4) is 11.5 Å². The Kier molecular flexibility index (Phi) is 5.07. The molecule has 1 aromatic heterocycles. The standard InChI is InChI=1S/C23H21N3O4S/c1-13-5-7-14(8-6-13)21(27)26-23-25-20-16(3-2-4-19(20)31-23)22(28)24-15-9-10-17-18(11-15)30-12-29-17/h5-11,16H,2-4,12H2,1H3,(H,24,28)(H,25,26,27). The van der Waals surface area contributed by atoms with Crippen LogP contribution in [-0.2, 0) is 11.2 Å². The Bertz CT molecular complexity index is 1160. The van der Waals surface area contributed by atoms with Crippen LogP contribution in [0.4, 0.5) is 10.8 Å². The number of fused-ring (bicyclic) bond motifs is 2. The van der Waals surface area contributed by atoms with Crippen LogP contribution in [-0.4, -0.2) is 23.6 Å². The molecular formula is C23H21N3O4S. The minimum Gasteiger partial charge on any atom is -0.454 e. The molecule has 2 heterocycles. The first kappa shape index (κ1) is 19.6. The second kappa shape index (κ2) is 8.03. The number of carbonyl (C=O) groups is 2. The summed E-state index contributed by atoms with van der Waals surface area (Å²) in [6, 6.07) is 12.7. The Balaban J connectivity index is 1.31. The van der Waals surface area contributed by atoms with Gasteiger partial charge in [-0.05, 0) is 50.5 Å². The number of rotatable bonds is 4. The number of hydrogen-bond donors (Lipinski definition) is 2. The molecular weight excluding hydrogens is 414 g/mol. The lowest BCUT2D eigenvalue weighted by atomic mass is 9.90. The van der Waals surface area contributed by atoms with Crippen molar-refractivity contribution in [1.29, 1.82) is 0 Å². The zero-order valence-electron chi connectivity index (χ0n) is 16.9. The Labute approximate surface area is 183 Å². The van der Waals surface area contributed by atoms with E-state index in [4.69, 9.17) is 9.47 Å². The lowest BCUT2D eigenvalue weighted by Crippen LogP contribution is -2.24. The maximum Gasteiger partial charge on any atom is 0.257 e. The normalized spacial score (nSPS) is 16.5. The highest BCUT2D eigenvalue weighted by molar-refractivity contribution is 7.16. The summed E-state index contributed by atoms with van der Waals surface area (Å²) in [6.07, 6.45) is 2.49. The van der Waals surface area contributed by atoms with Gasteiger partial charge >= 0.3 is 0 Å². The molecule has 0 bridgehead atoms. The van der Waals surface area contributed by atoms with Crippen LogP contribution in [0, 0.1) is 6.92 Å². The first-order valence-corrected chi connectivity index (χ1v) is 11.0. The summed E-state index contributed by atoms with van der Waals surface area (Å²) in [5.41, 5.74) is 3.09. The van der Waals surface area contributed by atoms with Crippen molar-refractivity contribution in [2.24, 2.45) is 0 Å². The van der Waals surface area contributed by atoms with Crippen molar-refractivity contribution in [2.75, 3.05) is 17.4 Å². The van der Waals surface area contributed by atoms with Gasteiger partial charge in [0.1, 0.15) is 0 Å². The van der Waals surface area contributed by atoms with Crippen LogP contribution >= 0.6 is 11.3 Å². The van der Waals surface area contributed by atoms with E-state index >= 15 is 0 Å².